The topological polar surface area (TPSA) is 72.3 Å². The number of nitrogens with zero attached hydrogens (tertiary/aromatic N) is 1. The van der Waals surface area contributed by atoms with Crippen molar-refractivity contribution < 1.29 is 4.79 Å². The molecule has 1 aliphatic heterocycles. The highest BCUT2D eigenvalue weighted by atomic mass is 16.1. The largest absolute Gasteiger partial charge is 0.398 e. The van der Waals surface area contributed by atoms with Crippen molar-refractivity contribution in [2.75, 3.05) is 12.3 Å². The standard InChI is InChI=1S/C15H23N3O/c1-10(2)14-4-3-7-18(14)9-12-6-5-11(15(17)19)8-13(12)16/h5-6,8,10,14H,3-4,7,9,16H2,1-2H3,(H2,17,19). The fourth-order valence-electron chi connectivity index (χ4n) is 2.91. The molecule has 1 saturated heterocycles. The van der Waals surface area contributed by atoms with Gasteiger partial charge < -0.3 is 11.5 Å². The van der Waals surface area contributed by atoms with Crippen LogP contribution in [0.2, 0.25) is 0 Å². The Bertz CT molecular complexity index is 470. The van der Waals surface area contributed by atoms with Crippen molar-refractivity contribution in [2.45, 2.75) is 39.3 Å². The van der Waals surface area contributed by atoms with Crippen molar-refractivity contribution in [3.05, 3.63) is 29.3 Å². The lowest BCUT2D eigenvalue weighted by molar-refractivity contribution is 0.100. The number of carbonyl (C=O) groups is 1. The Balaban J connectivity index is 2.13. The SMILES string of the molecule is CC(C)C1CCCN1Cc1ccc(C(N)=O)cc1N. The third kappa shape index (κ3) is 3.07. The zero-order valence-corrected chi connectivity index (χ0v) is 11.7. The normalized spacial score (nSPS) is 20.1. The van der Waals surface area contributed by atoms with Gasteiger partial charge in [-0.1, -0.05) is 19.9 Å². The Morgan fingerprint density at radius 1 is 1.47 bits per heavy atom. The Labute approximate surface area is 114 Å². The highest BCUT2D eigenvalue weighted by Crippen LogP contribution is 2.27. The highest BCUT2D eigenvalue weighted by Gasteiger charge is 2.27. The molecular formula is C15H23N3O. The summed E-state index contributed by atoms with van der Waals surface area (Å²) in [4.78, 5) is 13.6. The molecule has 0 aromatic heterocycles. The number of nitrogens with two attached hydrogens (primary N) is 2. The summed E-state index contributed by atoms with van der Waals surface area (Å²) in [7, 11) is 0. The maximum Gasteiger partial charge on any atom is 0.248 e. The van der Waals surface area contributed by atoms with Crippen molar-refractivity contribution >= 4 is 11.6 Å². The molecule has 2 rings (SSSR count). The van der Waals surface area contributed by atoms with Crippen molar-refractivity contribution in [2.24, 2.45) is 11.7 Å². The van der Waals surface area contributed by atoms with E-state index in [9.17, 15) is 4.79 Å². The average Bonchev–Trinajstić information content (AvgIpc) is 2.79. The van der Waals surface area contributed by atoms with Crippen LogP contribution in [-0.4, -0.2) is 23.4 Å². The average molecular weight is 261 g/mol. The third-order valence-corrected chi connectivity index (χ3v) is 3.99. The molecule has 19 heavy (non-hydrogen) atoms. The molecule has 0 spiro atoms. The third-order valence-electron chi connectivity index (χ3n) is 3.99. The number of amides is 1. The summed E-state index contributed by atoms with van der Waals surface area (Å²) in [5, 5.41) is 0. The quantitative estimate of drug-likeness (QED) is 0.814. The summed E-state index contributed by atoms with van der Waals surface area (Å²) in [5.74, 6) is 0.230. The summed E-state index contributed by atoms with van der Waals surface area (Å²) in [6.45, 7) is 6.51. The highest BCUT2D eigenvalue weighted by molar-refractivity contribution is 5.93. The van der Waals surface area contributed by atoms with Gasteiger partial charge in [0.2, 0.25) is 5.91 Å². The molecule has 4 nitrogen and oxygen atoms in total. The Hall–Kier alpha value is -1.55. The lowest BCUT2D eigenvalue weighted by Crippen LogP contribution is -2.33. The lowest BCUT2D eigenvalue weighted by Gasteiger charge is -2.28. The van der Waals surface area contributed by atoms with Gasteiger partial charge in [0.15, 0.2) is 0 Å². The lowest BCUT2D eigenvalue weighted by atomic mass is 10.0. The summed E-state index contributed by atoms with van der Waals surface area (Å²) in [6.07, 6.45) is 2.51. The van der Waals surface area contributed by atoms with Crippen LogP contribution in [0.3, 0.4) is 0 Å². The Morgan fingerprint density at radius 3 is 2.79 bits per heavy atom. The van der Waals surface area contributed by atoms with E-state index in [2.05, 4.69) is 18.7 Å². The summed E-state index contributed by atoms with van der Waals surface area (Å²) in [6, 6.07) is 5.99. The van der Waals surface area contributed by atoms with Gasteiger partial charge in [0.25, 0.3) is 0 Å². The van der Waals surface area contributed by atoms with E-state index < -0.39 is 5.91 Å². The van der Waals surface area contributed by atoms with Crippen LogP contribution in [0.5, 0.6) is 0 Å². The molecule has 1 aliphatic rings. The van der Waals surface area contributed by atoms with Gasteiger partial charge in [-0.25, -0.2) is 0 Å². The first-order valence-corrected chi connectivity index (χ1v) is 6.91. The van der Waals surface area contributed by atoms with Gasteiger partial charge in [0.05, 0.1) is 0 Å². The summed E-state index contributed by atoms with van der Waals surface area (Å²) >= 11 is 0. The van der Waals surface area contributed by atoms with Crippen LogP contribution in [0.15, 0.2) is 18.2 Å². The predicted octanol–water partition coefficient (Wildman–Crippen LogP) is 1.99. The molecule has 0 saturated carbocycles. The number of likely N-dealkylation sites (tertiary alicyclic amines) is 1. The molecule has 0 bridgehead atoms. The molecule has 1 atom stereocenters. The van der Waals surface area contributed by atoms with Crippen LogP contribution in [0.25, 0.3) is 0 Å². The molecule has 1 heterocycles. The second-order valence-corrected chi connectivity index (χ2v) is 5.70. The van der Waals surface area contributed by atoms with Gasteiger partial charge in [-0.05, 0) is 43.0 Å². The van der Waals surface area contributed by atoms with Crippen molar-refractivity contribution in [1.82, 2.24) is 4.90 Å². The molecule has 1 amide bonds. The number of rotatable bonds is 4. The maximum absolute atomic E-state index is 11.1. The Kier molecular flexibility index (Phi) is 4.10. The van der Waals surface area contributed by atoms with Crippen molar-refractivity contribution in [3.8, 4) is 0 Å². The van der Waals surface area contributed by atoms with E-state index in [1.165, 1.54) is 12.8 Å². The molecule has 104 valence electrons. The fraction of sp³-hybridized carbons (Fsp3) is 0.533. The molecule has 1 fully saturated rings. The number of benzene rings is 1. The van der Waals surface area contributed by atoms with Crippen LogP contribution >= 0.6 is 0 Å². The number of primary amides is 1. The predicted molar refractivity (Wildman–Crippen MR) is 77.6 cm³/mol. The molecular weight excluding hydrogens is 238 g/mol. The van der Waals surface area contributed by atoms with E-state index in [0.29, 0.717) is 23.2 Å². The van der Waals surface area contributed by atoms with Crippen LogP contribution < -0.4 is 11.5 Å². The maximum atomic E-state index is 11.1. The van der Waals surface area contributed by atoms with Gasteiger partial charge in [-0.15, -0.1) is 0 Å². The first-order valence-electron chi connectivity index (χ1n) is 6.91. The van der Waals surface area contributed by atoms with Gasteiger partial charge in [0.1, 0.15) is 0 Å². The van der Waals surface area contributed by atoms with E-state index in [1.54, 1.807) is 12.1 Å². The minimum atomic E-state index is -0.431. The van der Waals surface area contributed by atoms with Crippen LogP contribution in [0.4, 0.5) is 5.69 Å². The van der Waals surface area contributed by atoms with E-state index >= 15 is 0 Å². The van der Waals surface area contributed by atoms with E-state index in [1.807, 2.05) is 6.07 Å². The van der Waals surface area contributed by atoms with Crippen LogP contribution in [-0.2, 0) is 6.54 Å². The monoisotopic (exact) mass is 261 g/mol. The summed E-state index contributed by atoms with van der Waals surface area (Å²) < 4.78 is 0. The molecule has 1 unspecified atom stereocenters. The minimum absolute atomic E-state index is 0.431. The van der Waals surface area contributed by atoms with Crippen LogP contribution in [0.1, 0.15) is 42.6 Å². The zero-order chi connectivity index (χ0) is 14.0. The second kappa shape index (κ2) is 5.61. The van der Waals surface area contributed by atoms with Crippen molar-refractivity contribution in [1.29, 1.82) is 0 Å². The minimum Gasteiger partial charge on any atom is -0.398 e. The van der Waals surface area contributed by atoms with Crippen LogP contribution in [0, 0.1) is 5.92 Å². The first kappa shape index (κ1) is 13.9. The fourth-order valence-corrected chi connectivity index (χ4v) is 2.91. The number of carbonyl (C=O) groups excluding carboxylic acids is 1. The zero-order valence-electron chi connectivity index (χ0n) is 11.7. The van der Waals surface area contributed by atoms with Gasteiger partial charge in [-0.2, -0.15) is 0 Å². The molecule has 4 heteroatoms. The van der Waals surface area contributed by atoms with E-state index in [-0.39, 0.29) is 0 Å². The number of nitrogen functional groups attached to an aromatic ring is 1. The molecule has 1 aromatic rings. The first-order chi connectivity index (χ1) is 8.99. The number of anilines is 1. The number of hydrogen-bond acceptors (Lipinski definition) is 3. The second-order valence-electron chi connectivity index (χ2n) is 5.70. The smallest absolute Gasteiger partial charge is 0.248 e. The number of hydrogen-bond donors (Lipinski definition) is 2. The van der Waals surface area contributed by atoms with Gasteiger partial charge in [-0.3, -0.25) is 9.69 Å². The summed E-state index contributed by atoms with van der Waals surface area (Å²) in [5.41, 5.74) is 13.5. The van der Waals surface area contributed by atoms with Gasteiger partial charge in [0, 0.05) is 23.8 Å². The molecule has 1 aromatic carbocycles. The molecule has 0 radical (unpaired) electrons. The van der Waals surface area contributed by atoms with Crippen molar-refractivity contribution in [3.63, 3.8) is 0 Å². The van der Waals surface area contributed by atoms with E-state index in [4.69, 9.17) is 11.5 Å². The molecule has 0 aliphatic carbocycles. The van der Waals surface area contributed by atoms with E-state index in [0.717, 1.165) is 18.7 Å². The molecule has 4 N–H and O–H groups in total. The van der Waals surface area contributed by atoms with Gasteiger partial charge >= 0.3 is 0 Å². The Morgan fingerprint density at radius 2 is 2.21 bits per heavy atom.